The summed E-state index contributed by atoms with van der Waals surface area (Å²) in [5.74, 6) is 2.25. The molecule has 0 aromatic rings. The van der Waals surface area contributed by atoms with Gasteiger partial charge in [-0.25, -0.2) is 8.37 Å². The predicted molar refractivity (Wildman–Crippen MR) is 170 cm³/mol. The second kappa shape index (κ2) is 26.7. The molecule has 0 amide bonds. The van der Waals surface area contributed by atoms with E-state index in [0.717, 1.165) is 37.5 Å². The van der Waals surface area contributed by atoms with Crippen molar-refractivity contribution in [1.82, 2.24) is 0 Å². The van der Waals surface area contributed by atoms with E-state index < -0.39 is 10.4 Å². The third-order valence-electron chi connectivity index (χ3n) is 8.34. The first kappa shape index (κ1) is 38.9. The highest BCUT2D eigenvalue weighted by Gasteiger charge is 2.16. The van der Waals surface area contributed by atoms with Crippen LogP contribution in [0.25, 0.3) is 0 Å². The molecule has 0 saturated heterocycles. The summed E-state index contributed by atoms with van der Waals surface area (Å²) in [5, 5.41) is 0. The van der Waals surface area contributed by atoms with Gasteiger partial charge in [-0.3, -0.25) is 0 Å². The Hall–Kier alpha value is -0.130. The van der Waals surface area contributed by atoms with E-state index in [4.69, 9.17) is 8.37 Å². The summed E-state index contributed by atoms with van der Waals surface area (Å²) in [6.45, 7) is 13.9. The molecule has 236 valence electrons. The SMILES string of the molecule is CCCC(C)CCCCCCCCCC(C)COS(=O)(=O)OCC(C)CCCCCCCCCC(C)CCC. The van der Waals surface area contributed by atoms with Crippen LogP contribution in [0.4, 0.5) is 0 Å². The molecular weight excluding hydrogens is 504 g/mol. The van der Waals surface area contributed by atoms with Crippen molar-refractivity contribution < 1.29 is 16.8 Å². The fourth-order valence-corrected chi connectivity index (χ4v) is 6.48. The van der Waals surface area contributed by atoms with E-state index in [-0.39, 0.29) is 25.0 Å². The smallest absolute Gasteiger partial charge is 0.248 e. The maximum atomic E-state index is 12.2. The van der Waals surface area contributed by atoms with E-state index in [1.165, 1.54) is 116 Å². The van der Waals surface area contributed by atoms with Crippen molar-refractivity contribution >= 4 is 10.4 Å². The summed E-state index contributed by atoms with van der Waals surface area (Å²) in [6.07, 6.45) is 28.3. The number of unbranched alkanes of at least 4 members (excludes halogenated alkanes) is 12. The van der Waals surface area contributed by atoms with Crippen LogP contribution in [0.15, 0.2) is 0 Å². The zero-order chi connectivity index (χ0) is 29.2. The summed E-state index contributed by atoms with van der Waals surface area (Å²) in [6, 6.07) is 0. The summed E-state index contributed by atoms with van der Waals surface area (Å²) < 4.78 is 34.6. The molecule has 39 heavy (non-hydrogen) atoms. The molecule has 4 atom stereocenters. The van der Waals surface area contributed by atoms with Crippen molar-refractivity contribution in [3.63, 3.8) is 0 Å². The Kier molecular flexibility index (Phi) is 26.7. The Labute approximate surface area is 246 Å². The average molecular weight is 575 g/mol. The van der Waals surface area contributed by atoms with Gasteiger partial charge in [0.2, 0.25) is 0 Å². The van der Waals surface area contributed by atoms with Gasteiger partial charge in [0.05, 0.1) is 13.2 Å². The molecule has 0 rings (SSSR count). The van der Waals surface area contributed by atoms with Gasteiger partial charge in [-0.2, -0.15) is 8.42 Å². The van der Waals surface area contributed by atoms with Crippen LogP contribution in [0.2, 0.25) is 0 Å². The van der Waals surface area contributed by atoms with Gasteiger partial charge in [0.1, 0.15) is 0 Å². The first-order chi connectivity index (χ1) is 18.7. The molecule has 0 aliphatic rings. The standard InChI is InChI=1S/C34H70O4S/c1-7-23-31(3)25-19-15-11-9-13-17-21-27-33(5)29-37-39(35,36)38-30-34(6)28-22-18-14-10-12-16-20-26-32(4)24-8-2/h31-34H,7-30H2,1-6H3. The first-order valence-corrected chi connectivity index (χ1v) is 18.6. The zero-order valence-corrected chi connectivity index (χ0v) is 28.1. The third-order valence-corrected chi connectivity index (χ3v) is 9.19. The number of rotatable bonds is 30. The van der Waals surface area contributed by atoms with Crippen LogP contribution in [0.5, 0.6) is 0 Å². The zero-order valence-electron chi connectivity index (χ0n) is 27.3. The van der Waals surface area contributed by atoms with Crippen LogP contribution in [0.3, 0.4) is 0 Å². The Morgan fingerprint density at radius 3 is 0.949 bits per heavy atom. The normalized spacial score (nSPS) is 15.3. The van der Waals surface area contributed by atoms with Gasteiger partial charge in [0.25, 0.3) is 0 Å². The minimum absolute atomic E-state index is 0.226. The van der Waals surface area contributed by atoms with Crippen LogP contribution in [0.1, 0.15) is 183 Å². The van der Waals surface area contributed by atoms with Crippen molar-refractivity contribution in [1.29, 1.82) is 0 Å². The van der Waals surface area contributed by atoms with E-state index in [1.807, 2.05) is 0 Å². The molecule has 0 radical (unpaired) electrons. The lowest BCUT2D eigenvalue weighted by Crippen LogP contribution is -2.18. The second-order valence-electron chi connectivity index (χ2n) is 13.1. The second-order valence-corrected chi connectivity index (χ2v) is 14.4. The molecule has 0 fully saturated rings. The van der Waals surface area contributed by atoms with Gasteiger partial charge >= 0.3 is 10.4 Å². The lowest BCUT2D eigenvalue weighted by atomic mass is 9.97. The molecule has 0 bridgehead atoms. The van der Waals surface area contributed by atoms with Crippen molar-refractivity contribution in [2.45, 2.75) is 183 Å². The molecule has 0 aromatic heterocycles. The number of hydrogen-bond acceptors (Lipinski definition) is 4. The van der Waals surface area contributed by atoms with E-state index in [0.29, 0.717) is 0 Å². The molecule has 0 spiro atoms. The third kappa shape index (κ3) is 27.8. The number of hydrogen-bond donors (Lipinski definition) is 0. The van der Waals surface area contributed by atoms with E-state index in [9.17, 15) is 8.42 Å². The predicted octanol–water partition coefficient (Wildman–Crippen LogP) is 11.4. The topological polar surface area (TPSA) is 52.6 Å². The molecule has 4 unspecified atom stereocenters. The van der Waals surface area contributed by atoms with Crippen LogP contribution >= 0.6 is 0 Å². The minimum Gasteiger partial charge on any atom is -0.248 e. The highest BCUT2D eigenvalue weighted by Crippen LogP contribution is 2.19. The van der Waals surface area contributed by atoms with Gasteiger partial charge in [0, 0.05) is 0 Å². The molecule has 0 heterocycles. The van der Waals surface area contributed by atoms with Gasteiger partial charge < -0.3 is 0 Å². The molecule has 0 N–H and O–H groups in total. The minimum atomic E-state index is -3.89. The van der Waals surface area contributed by atoms with E-state index in [1.54, 1.807) is 0 Å². The Bertz CT molecular complexity index is 560. The van der Waals surface area contributed by atoms with Crippen molar-refractivity contribution in [2.24, 2.45) is 23.7 Å². The van der Waals surface area contributed by atoms with E-state index in [2.05, 4.69) is 41.5 Å². The monoisotopic (exact) mass is 574 g/mol. The highest BCUT2D eigenvalue weighted by molar-refractivity contribution is 7.81. The molecule has 5 heteroatoms. The largest absolute Gasteiger partial charge is 0.399 e. The highest BCUT2D eigenvalue weighted by atomic mass is 32.3. The Morgan fingerprint density at radius 2 is 0.667 bits per heavy atom. The first-order valence-electron chi connectivity index (χ1n) is 17.2. The van der Waals surface area contributed by atoms with Crippen LogP contribution in [-0.2, 0) is 18.8 Å². The molecule has 4 nitrogen and oxygen atoms in total. The van der Waals surface area contributed by atoms with Crippen molar-refractivity contribution in [3.05, 3.63) is 0 Å². The molecule has 0 saturated carbocycles. The van der Waals surface area contributed by atoms with Gasteiger partial charge in [-0.05, 0) is 36.5 Å². The maximum absolute atomic E-state index is 12.2. The quantitative estimate of drug-likeness (QED) is 0.0800. The summed E-state index contributed by atoms with van der Waals surface area (Å²) >= 11 is 0. The molecular formula is C34H70O4S. The van der Waals surface area contributed by atoms with E-state index >= 15 is 0 Å². The maximum Gasteiger partial charge on any atom is 0.399 e. The lowest BCUT2D eigenvalue weighted by Gasteiger charge is -2.14. The van der Waals surface area contributed by atoms with Crippen molar-refractivity contribution in [2.75, 3.05) is 13.2 Å². The fourth-order valence-electron chi connectivity index (χ4n) is 5.61. The van der Waals surface area contributed by atoms with Gasteiger partial charge in [0.15, 0.2) is 0 Å². The molecule has 0 aromatic carbocycles. The summed E-state index contributed by atoms with van der Waals surface area (Å²) in [7, 11) is -3.89. The Balaban J connectivity index is 3.63. The summed E-state index contributed by atoms with van der Waals surface area (Å²) in [5.41, 5.74) is 0. The fraction of sp³-hybridized carbons (Fsp3) is 1.00. The Morgan fingerprint density at radius 1 is 0.410 bits per heavy atom. The molecule has 0 aliphatic heterocycles. The van der Waals surface area contributed by atoms with Crippen LogP contribution < -0.4 is 0 Å². The van der Waals surface area contributed by atoms with Crippen LogP contribution in [0, 0.1) is 23.7 Å². The average Bonchev–Trinajstić information content (AvgIpc) is 2.89. The molecule has 0 aliphatic carbocycles. The van der Waals surface area contributed by atoms with Gasteiger partial charge in [-0.1, -0.05) is 170 Å². The van der Waals surface area contributed by atoms with Gasteiger partial charge in [-0.15, -0.1) is 0 Å². The lowest BCUT2D eigenvalue weighted by molar-refractivity contribution is 0.170. The van der Waals surface area contributed by atoms with Crippen molar-refractivity contribution in [3.8, 4) is 0 Å². The summed E-state index contributed by atoms with van der Waals surface area (Å²) in [4.78, 5) is 0. The van der Waals surface area contributed by atoms with Crippen LogP contribution in [-0.4, -0.2) is 21.6 Å².